The Morgan fingerprint density at radius 2 is 1.83 bits per heavy atom. The zero-order chi connectivity index (χ0) is 13.3. The normalized spacial score (nSPS) is 30.4. The maximum absolute atomic E-state index is 5.27. The van der Waals surface area contributed by atoms with E-state index in [9.17, 15) is 0 Å². The van der Waals surface area contributed by atoms with E-state index >= 15 is 0 Å². The van der Waals surface area contributed by atoms with Crippen molar-refractivity contribution in [3.05, 3.63) is 17.0 Å². The highest BCUT2D eigenvalue weighted by Gasteiger charge is 2.29. The van der Waals surface area contributed by atoms with E-state index in [1.807, 2.05) is 13.8 Å². The van der Waals surface area contributed by atoms with Gasteiger partial charge in [0.15, 0.2) is 0 Å². The molecule has 0 spiro atoms. The molecule has 0 bridgehead atoms. The van der Waals surface area contributed by atoms with Crippen LogP contribution in [0.2, 0.25) is 0 Å². The smallest absolute Gasteiger partial charge is 0.138 e. The van der Waals surface area contributed by atoms with E-state index in [1.54, 1.807) is 0 Å². The minimum atomic E-state index is 0.323. The molecule has 0 aliphatic heterocycles. The topological polar surface area (TPSA) is 38.1 Å². The van der Waals surface area contributed by atoms with Gasteiger partial charge in [0, 0.05) is 17.6 Å². The molecule has 18 heavy (non-hydrogen) atoms. The molecule has 0 amide bonds. The van der Waals surface area contributed by atoms with Gasteiger partial charge in [0.1, 0.15) is 5.76 Å². The summed E-state index contributed by atoms with van der Waals surface area (Å²) in [6.45, 7) is 11.0. The Labute approximate surface area is 110 Å². The van der Waals surface area contributed by atoms with Gasteiger partial charge in [-0.25, -0.2) is 0 Å². The van der Waals surface area contributed by atoms with Crippen molar-refractivity contribution < 1.29 is 4.52 Å². The third kappa shape index (κ3) is 2.61. The van der Waals surface area contributed by atoms with Gasteiger partial charge in [0.2, 0.25) is 0 Å². The van der Waals surface area contributed by atoms with Crippen molar-refractivity contribution >= 4 is 0 Å². The van der Waals surface area contributed by atoms with Crippen LogP contribution in [0.4, 0.5) is 0 Å². The van der Waals surface area contributed by atoms with E-state index in [0.29, 0.717) is 12.1 Å². The lowest BCUT2D eigenvalue weighted by atomic mass is 9.78. The van der Waals surface area contributed by atoms with E-state index in [0.717, 1.165) is 23.3 Å². The molecule has 3 unspecified atom stereocenters. The maximum Gasteiger partial charge on any atom is 0.138 e. The Bertz CT molecular complexity index is 370. The lowest BCUT2D eigenvalue weighted by Gasteiger charge is -2.37. The summed E-state index contributed by atoms with van der Waals surface area (Å²) in [6.07, 6.45) is 4.06. The van der Waals surface area contributed by atoms with Crippen LogP contribution in [0.1, 0.15) is 63.1 Å². The Balaban J connectivity index is 2.08. The standard InChI is InChI=1S/C15H26N2O/c1-9-7-6-8-10(2)15(9)16-11(3)14-12(4)17-18-13(14)5/h9-11,15-16H,6-8H2,1-5H3. The molecular weight excluding hydrogens is 224 g/mol. The summed E-state index contributed by atoms with van der Waals surface area (Å²) in [5.41, 5.74) is 2.25. The molecule has 1 aliphatic rings. The van der Waals surface area contributed by atoms with Gasteiger partial charge in [0.25, 0.3) is 0 Å². The van der Waals surface area contributed by atoms with Crippen molar-refractivity contribution in [3.63, 3.8) is 0 Å². The van der Waals surface area contributed by atoms with E-state index in [-0.39, 0.29) is 0 Å². The number of nitrogens with one attached hydrogen (secondary N) is 1. The molecule has 1 heterocycles. The molecule has 1 N–H and O–H groups in total. The fourth-order valence-corrected chi connectivity index (χ4v) is 3.49. The SMILES string of the molecule is Cc1noc(C)c1C(C)NC1C(C)CCCC1C. The lowest BCUT2D eigenvalue weighted by molar-refractivity contribution is 0.195. The summed E-state index contributed by atoms with van der Waals surface area (Å²) in [4.78, 5) is 0. The molecule has 3 nitrogen and oxygen atoms in total. The van der Waals surface area contributed by atoms with Crippen LogP contribution in [0.25, 0.3) is 0 Å². The van der Waals surface area contributed by atoms with Gasteiger partial charge in [-0.2, -0.15) is 0 Å². The first-order valence-corrected chi connectivity index (χ1v) is 7.19. The summed E-state index contributed by atoms with van der Waals surface area (Å²) >= 11 is 0. The second-order valence-corrected chi connectivity index (χ2v) is 6.04. The molecule has 0 saturated heterocycles. The van der Waals surface area contributed by atoms with E-state index in [1.165, 1.54) is 24.8 Å². The van der Waals surface area contributed by atoms with Crippen molar-refractivity contribution in [2.24, 2.45) is 11.8 Å². The van der Waals surface area contributed by atoms with Gasteiger partial charge < -0.3 is 9.84 Å². The van der Waals surface area contributed by atoms with Gasteiger partial charge >= 0.3 is 0 Å². The average Bonchev–Trinajstić information content (AvgIpc) is 2.64. The van der Waals surface area contributed by atoms with Gasteiger partial charge in [-0.05, 0) is 45.4 Å². The molecule has 3 atom stereocenters. The lowest BCUT2D eigenvalue weighted by Crippen LogP contribution is -2.44. The van der Waals surface area contributed by atoms with Crippen LogP contribution in [0.5, 0.6) is 0 Å². The van der Waals surface area contributed by atoms with Crippen LogP contribution in [0.15, 0.2) is 4.52 Å². The summed E-state index contributed by atoms with van der Waals surface area (Å²) < 4.78 is 5.27. The summed E-state index contributed by atoms with van der Waals surface area (Å²) in [5.74, 6) is 2.47. The van der Waals surface area contributed by atoms with Crippen LogP contribution in [-0.4, -0.2) is 11.2 Å². The van der Waals surface area contributed by atoms with Crippen molar-refractivity contribution in [3.8, 4) is 0 Å². The number of nitrogens with zero attached hydrogens (tertiary/aromatic N) is 1. The van der Waals surface area contributed by atoms with Crippen LogP contribution < -0.4 is 5.32 Å². The second kappa shape index (κ2) is 5.43. The minimum Gasteiger partial charge on any atom is -0.361 e. The molecule has 1 fully saturated rings. The summed E-state index contributed by atoms with van der Waals surface area (Å²) in [6, 6.07) is 0.937. The number of aryl methyl sites for hydroxylation is 2. The predicted molar refractivity (Wildman–Crippen MR) is 73.5 cm³/mol. The number of aromatic nitrogens is 1. The first-order chi connectivity index (χ1) is 8.50. The fraction of sp³-hybridized carbons (Fsp3) is 0.800. The zero-order valence-electron chi connectivity index (χ0n) is 12.3. The Morgan fingerprint density at radius 3 is 2.33 bits per heavy atom. The second-order valence-electron chi connectivity index (χ2n) is 6.04. The van der Waals surface area contributed by atoms with Gasteiger partial charge in [-0.1, -0.05) is 25.4 Å². The fourth-order valence-electron chi connectivity index (χ4n) is 3.49. The van der Waals surface area contributed by atoms with Gasteiger partial charge in [-0.3, -0.25) is 0 Å². The quantitative estimate of drug-likeness (QED) is 0.887. The molecule has 3 heteroatoms. The number of hydrogen-bond acceptors (Lipinski definition) is 3. The molecule has 1 aliphatic carbocycles. The summed E-state index contributed by atoms with van der Waals surface area (Å²) in [5, 5.41) is 7.86. The minimum absolute atomic E-state index is 0.323. The predicted octanol–water partition coefficient (Wildman–Crippen LogP) is 3.77. The van der Waals surface area contributed by atoms with Crippen LogP contribution in [0, 0.1) is 25.7 Å². The molecule has 1 saturated carbocycles. The van der Waals surface area contributed by atoms with Crippen molar-refractivity contribution in [1.29, 1.82) is 0 Å². The molecule has 1 aromatic heterocycles. The van der Waals surface area contributed by atoms with E-state index in [2.05, 4.69) is 31.2 Å². The maximum atomic E-state index is 5.27. The van der Waals surface area contributed by atoms with Crippen molar-refractivity contribution in [1.82, 2.24) is 10.5 Å². The van der Waals surface area contributed by atoms with Crippen LogP contribution in [-0.2, 0) is 0 Å². The third-order valence-electron chi connectivity index (χ3n) is 4.51. The highest BCUT2D eigenvalue weighted by atomic mass is 16.5. The Kier molecular flexibility index (Phi) is 4.10. The largest absolute Gasteiger partial charge is 0.361 e. The highest BCUT2D eigenvalue weighted by Crippen LogP contribution is 2.31. The number of hydrogen-bond donors (Lipinski definition) is 1. The van der Waals surface area contributed by atoms with Crippen LogP contribution >= 0.6 is 0 Å². The Hall–Kier alpha value is -0.830. The van der Waals surface area contributed by atoms with E-state index in [4.69, 9.17) is 4.52 Å². The Morgan fingerprint density at radius 1 is 1.22 bits per heavy atom. The molecule has 1 aromatic rings. The number of rotatable bonds is 3. The molecule has 102 valence electrons. The van der Waals surface area contributed by atoms with Crippen molar-refractivity contribution in [2.45, 2.75) is 66.0 Å². The molecule has 0 aromatic carbocycles. The van der Waals surface area contributed by atoms with Gasteiger partial charge in [-0.15, -0.1) is 0 Å². The molecular formula is C15H26N2O. The molecule has 2 rings (SSSR count). The first-order valence-electron chi connectivity index (χ1n) is 7.19. The molecule has 0 radical (unpaired) electrons. The third-order valence-corrected chi connectivity index (χ3v) is 4.51. The zero-order valence-corrected chi connectivity index (χ0v) is 12.3. The monoisotopic (exact) mass is 250 g/mol. The highest BCUT2D eigenvalue weighted by molar-refractivity contribution is 5.24. The first kappa shape index (κ1) is 13.6. The average molecular weight is 250 g/mol. The summed E-state index contributed by atoms with van der Waals surface area (Å²) in [7, 11) is 0. The van der Waals surface area contributed by atoms with E-state index < -0.39 is 0 Å². The van der Waals surface area contributed by atoms with Crippen LogP contribution in [0.3, 0.4) is 0 Å². The van der Waals surface area contributed by atoms with Crippen molar-refractivity contribution in [2.75, 3.05) is 0 Å². The van der Waals surface area contributed by atoms with Gasteiger partial charge in [0.05, 0.1) is 5.69 Å².